The second kappa shape index (κ2) is 10.7. The number of nitrogens with zero attached hydrogens (tertiary/aromatic N) is 2. The molecule has 2 aliphatic rings. The van der Waals surface area contributed by atoms with Crippen LogP contribution in [-0.4, -0.2) is 10.6 Å². The minimum Gasteiger partial charge on any atom is -0.334 e. The SMILES string of the molecule is C1=CC(N(c2cccc(-c3ccccc3)c2)c2cc3c4c(cccc4c2)-c2ccccc2-3)CC=C1n1c2ccccc2c2ccccc21. The predicted molar refractivity (Wildman–Crippen MR) is 204 cm³/mol. The molecule has 2 heteroatoms. The molecule has 1 aromatic heterocycles. The summed E-state index contributed by atoms with van der Waals surface area (Å²) in [5.74, 6) is 0. The Labute approximate surface area is 280 Å². The van der Waals surface area contributed by atoms with Crippen molar-refractivity contribution >= 4 is 49.7 Å². The summed E-state index contributed by atoms with van der Waals surface area (Å²) < 4.78 is 2.42. The standard InChI is InChI=1S/C46H32N2/c1-2-12-31(13-3-1)32-14-10-16-36(28-32)47(37-29-33-15-11-21-42-38-17-4-5-18-39(38)43(30-37)46(33)42)34-24-26-35(27-25-34)48-44-22-8-6-19-40(44)41-20-7-9-23-45(41)48/h1-24,26-30,34H,25H2. The van der Waals surface area contributed by atoms with Gasteiger partial charge >= 0.3 is 0 Å². The minimum absolute atomic E-state index is 0.136. The molecule has 7 aromatic carbocycles. The molecule has 0 amide bonds. The zero-order chi connectivity index (χ0) is 31.6. The third kappa shape index (κ3) is 4.13. The number of para-hydroxylation sites is 2. The second-order valence-corrected chi connectivity index (χ2v) is 12.9. The molecule has 0 spiro atoms. The average molecular weight is 613 g/mol. The highest BCUT2D eigenvalue weighted by atomic mass is 15.2. The monoisotopic (exact) mass is 612 g/mol. The van der Waals surface area contributed by atoms with Crippen LogP contribution in [0.4, 0.5) is 11.4 Å². The number of allylic oxidation sites excluding steroid dienone is 2. The molecule has 1 heterocycles. The van der Waals surface area contributed by atoms with E-state index in [0.29, 0.717) is 0 Å². The quantitative estimate of drug-likeness (QED) is 0.188. The van der Waals surface area contributed by atoms with Crippen molar-refractivity contribution in [2.75, 3.05) is 4.90 Å². The Kier molecular flexibility index (Phi) is 6.04. The van der Waals surface area contributed by atoms with Gasteiger partial charge in [-0.05, 0) is 93.0 Å². The van der Waals surface area contributed by atoms with E-state index in [-0.39, 0.29) is 6.04 Å². The van der Waals surface area contributed by atoms with Crippen molar-refractivity contribution in [1.29, 1.82) is 0 Å². The Bertz CT molecular complexity index is 2550. The fourth-order valence-corrected chi connectivity index (χ4v) is 8.09. The van der Waals surface area contributed by atoms with Crippen LogP contribution < -0.4 is 4.90 Å². The van der Waals surface area contributed by atoms with Crippen LogP contribution in [0.5, 0.6) is 0 Å². The molecule has 10 rings (SSSR count). The van der Waals surface area contributed by atoms with Crippen LogP contribution in [0, 0.1) is 0 Å². The Morgan fingerprint density at radius 2 is 1.15 bits per heavy atom. The van der Waals surface area contributed by atoms with Gasteiger partial charge in [-0.2, -0.15) is 0 Å². The van der Waals surface area contributed by atoms with E-state index in [1.807, 2.05) is 0 Å². The number of fused-ring (bicyclic) bond motifs is 6. The topological polar surface area (TPSA) is 8.17 Å². The van der Waals surface area contributed by atoms with Gasteiger partial charge in [-0.1, -0.05) is 133 Å². The molecule has 0 aliphatic heterocycles. The summed E-state index contributed by atoms with van der Waals surface area (Å²) in [5, 5.41) is 5.21. The molecule has 0 bridgehead atoms. The Hall–Kier alpha value is -6.12. The number of hydrogen-bond acceptors (Lipinski definition) is 1. The Morgan fingerprint density at radius 1 is 0.500 bits per heavy atom. The van der Waals surface area contributed by atoms with Crippen molar-refractivity contribution in [1.82, 2.24) is 4.57 Å². The fraction of sp³-hybridized carbons (Fsp3) is 0.0435. The maximum absolute atomic E-state index is 2.55. The van der Waals surface area contributed by atoms with Crippen LogP contribution in [0.1, 0.15) is 6.42 Å². The van der Waals surface area contributed by atoms with Crippen molar-refractivity contribution in [3.63, 3.8) is 0 Å². The summed E-state index contributed by atoms with van der Waals surface area (Å²) in [4.78, 5) is 2.55. The maximum atomic E-state index is 2.55. The molecule has 0 fully saturated rings. The van der Waals surface area contributed by atoms with E-state index >= 15 is 0 Å². The molecular weight excluding hydrogens is 581 g/mol. The van der Waals surface area contributed by atoms with E-state index in [2.05, 4.69) is 185 Å². The van der Waals surface area contributed by atoms with Gasteiger partial charge in [-0.25, -0.2) is 0 Å². The highest BCUT2D eigenvalue weighted by molar-refractivity contribution is 6.16. The number of aromatic nitrogens is 1. The molecule has 0 radical (unpaired) electrons. The molecule has 0 saturated heterocycles. The molecule has 48 heavy (non-hydrogen) atoms. The van der Waals surface area contributed by atoms with E-state index in [1.54, 1.807) is 0 Å². The van der Waals surface area contributed by atoms with Crippen molar-refractivity contribution in [3.8, 4) is 33.4 Å². The summed E-state index contributed by atoms with van der Waals surface area (Å²) in [7, 11) is 0. The molecule has 1 atom stereocenters. The smallest absolute Gasteiger partial charge is 0.0561 e. The first-order chi connectivity index (χ1) is 23.8. The van der Waals surface area contributed by atoms with E-state index in [1.165, 1.54) is 83.0 Å². The summed E-state index contributed by atoms with van der Waals surface area (Å²) in [6.45, 7) is 0. The third-order valence-electron chi connectivity index (χ3n) is 10.2. The molecule has 226 valence electrons. The van der Waals surface area contributed by atoms with Gasteiger partial charge in [0.15, 0.2) is 0 Å². The number of rotatable bonds is 5. The van der Waals surface area contributed by atoms with E-state index < -0.39 is 0 Å². The van der Waals surface area contributed by atoms with Gasteiger partial charge in [0.25, 0.3) is 0 Å². The largest absolute Gasteiger partial charge is 0.334 e. The van der Waals surface area contributed by atoms with Gasteiger partial charge in [0, 0.05) is 27.8 Å². The molecular formula is C46H32N2. The first-order valence-electron chi connectivity index (χ1n) is 16.8. The first-order valence-corrected chi connectivity index (χ1v) is 16.8. The zero-order valence-corrected chi connectivity index (χ0v) is 26.4. The zero-order valence-electron chi connectivity index (χ0n) is 26.4. The fourth-order valence-electron chi connectivity index (χ4n) is 8.09. The molecule has 0 saturated carbocycles. The van der Waals surface area contributed by atoms with Gasteiger partial charge < -0.3 is 9.47 Å². The molecule has 2 aliphatic carbocycles. The summed E-state index contributed by atoms with van der Waals surface area (Å²) >= 11 is 0. The number of anilines is 2. The van der Waals surface area contributed by atoms with E-state index in [9.17, 15) is 0 Å². The maximum Gasteiger partial charge on any atom is 0.0561 e. The highest BCUT2D eigenvalue weighted by Crippen LogP contribution is 2.49. The lowest BCUT2D eigenvalue weighted by Crippen LogP contribution is -2.30. The Morgan fingerprint density at radius 3 is 1.90 bits per heavy atom. The van der Waals surface area contributed by atoms with Gasteiger partial charge in [0.05, 0.1) is 17.1 Å². The van der Waals surface area contributed by atoms with Crippen LogP contribution in [0.15, 0.2) is 176 Å². The number of benzene rings is 7. The van der Waals surface area contributed by atoms with Crippen LogP contribution in [0.25, 0.3) is 71.7 Å². The van der Waals surface area contributed by atoms with Crippen molar-refractivity contribution in [3.05, 3.63) is 176 Å². The van der Waals surface area contributed by atoms with Crippen LogP contribution >= 0.6 is 0 Å². The van der Waals surface area contributed by atoms with Crippen molar-refractivity contribution in [2.24, 2.45) is 0 Å². The lowest BCUT2D eigenvalue weighted by Gasteiger charge is -2.34. The van der Waals surface area contributed by atoms with Gasteiger partial charge in [0.1, 0.15) is 0 Å². The Balaban J connectivity index is 1.13. The first kappa shape index (κ1) is 27.0. The number of hydrogen-bond donors (Lipinski definition) is 0. The molecule has 2 nitrogen and oxygen atoms in total. The van der Waals surface area contributed by atoms with Gasteiger partial charge in [-0.15, -0.1) is 0 Å². The summed E-state index contributed by atoms with van der Waals surface area (Å²) in [6, 6.07) is 57.8. The summed E-state index contributed by atoms with van der Waals surface area (Å²) in [6.07, 6.45) is 8.04. The van der Waals surface area contributed by atoms with E-state index in [0.717, 1.165) is 6.42 Å². The van der Waals surface area contributed by atoms with Crippen molar-refractivity contribution in [2.45, 2.75) is 12.5 Å². The van der Waals surface area contributed by atoms with Gasteiger partial charge in [-0.3, -0.25) is 0 Å². The van der Waals surface area contributed by atoms with Crippen LogP contribution in [0.2, 0.25) is 0 Å². The van der Waals surface area contributed by atoms with E-state index in [4.69, 9.17) is 0 Å². The van der Waals surface area contributed by atoms with Crippen molar-refractivity contribution < 1.29 is 0 Å². The molecule has 8 aromatic rings. The van der Waals surface area contributed by atoms with Gasteiger partial charge in [0.2, 0.25) is 0 Å². The van der Waals surface area contributed by atoms with Crippen LogP contribution in [0.3, 0.4) is 0 Å². The highest BCUT2D eigenvalue weighted by Gasteiger charge is 2.26. The minimum atomic E-state index is 0.136. The third-order valence-corrected chi connectivity index (χ3v) is 10.2. The van der Waals surface area contributed by atoms with Crippen LogP contribution in [-0.2, 0) is 0 Å². The average Bonchev–Trinajstić information content (AvgIpc) is 3.67. The molecule has 1 unspecified atom stereocenters. The predicted octanol–water partition coefficient (Wildman–Crippen LogP) is 12.3. The summed E-state index contributed by atoms with van der Waals surface area (Å²) in [5.41, 5.74) is 13.8. The lowest BCUT2D eigenvalue weighted by atomic mass is 9.98. The second-order valence-electron chi connectivity index (χ2n) is 12.9. The lowest BCUT2D eigenvalue weighted by molar-refractivity contribution is 0.784. The normalized spacial score (nSPS) is 14.8. The molecule has 0 N–H and O–H groups in total.